The number of fused-ring (bicyclic) bond motifs is 9. The van der Waals surface area contributed by atoms with Crippen LogP contribution in [0.3, 0.4) is 0 Å². The van der Waals surface area contributed by atoms with Gasteiger partial charge in [-0.15, -0.1) is 0 Å². The van der Waals surface area contributed by atoms with Crippen LogP contribution < -0.4 is 4.90 Å². The zero-order valence-electron chi connectivity index (χ0n) is 25.4. The van der Waals surface area contributed by atoms with Gasteiger partial charge in [-0.1, -0.05) is 121 Å². The molecule has 0 N–H and O–H groups in total. The second kappa shape index (κ2) is 10.1. The summed E-state index contributed by atoms with van der Waals surface area (Å²) in [6.07, 6.45) is 0. The van der Waals surface area contributed by atoms with Crippen LogP contribution in [0.25, 0.3) is 76.5 Å². The van der Waals surface area contributed by atoms with E-state index in [-0.39, 0.29) is 0 Å². The van der Waals surface area contributed by atoms with E-state index in [1.807, 2.05) is 24.3 Å². The van der Waals surface area contributed by atoms with Gasteiger partial charge in [0, 0.05) is 27.9 Å². The monoisotopic (exact) mass is 601 g/mol. The van der Waals surface area contributed by atoms with Gasteiger partial charge in [0.05, 0.1) is 22.1 Å². The highest BCUT2D eigenvalue weighted by molar-refractivity contribution is 6.27. The first kappa shape index (κ1) is 26.0. The van der Waals surface area contributed by atoms with Crippen LogP contribution in [-0.2, 0) is 0 Å². The molecule has 8 aromatic carbocycles. The van der Waals surface area contributed by atoms with E-state index in [1.54, 1.807) is 0 Å². The van der Waals surface area contributed by atoms with Gasteiger partial charge in [0.2, 0.25) is 0 Å². The molecule has 0 bridgehead atoms. The summed E-state index contributed by atoms with van der Waals surface area (Å²) in [6, 6.07) is 57.9. The number of benzene rings is 8. The summed E-state index contributed by atoms with van der Waals surface area (Å²) >= 11 is 0. The Hall–Kier alpha value is -6.32. The molecule has 0 aliphatic rings. The van der Waals surface area contributed by atoms with E-state index in [9.17, 15) is 0 Å². The van der Waals surface area contributed by atoms with Crippen LogP contribution in [0.15, 0.2) is 173 Å². The normalized spacial score (nSPS) is 11.8. The fraction of sp³-hybridized carbons (Fsp3) is 0. The molecular formula is C44H27NO2. The van der Waals surface area contributed by atoms with Crippen molar-refractivity contribution < 1.29 is 8.83 Å². The Labute approximate surface area is 270 Å². The number of nitrogens with zero attached hydrogens (tertiary/aromatic N) is 1. The molecule has 0 aliphatic carbocycles. The largest absolute Gasteiger partial charge is 0.456 e. The predicted molar refractivity (Wildman–Crippen MR) is 196 cm³/mol. The quantitative estimate of drug-likeness (QED) is 0.201. The van der Waals surface area contributed by atoms with Crippen LogP contribution in [-0.4, -0.2) is 0 Å². The van der Waals surface area contributed by atoms with Crippen LogP contribution in [0.5, 0.6) is 0 Å². The van der Waals surface area contributed by atoms with Gasteiger partial charge in [-0.2, -0.15) is 0 Å². The zero-order chi connectivity index (χ0) is 30.9. The van der Waals surface area contributed by atoms with Crippen molar-refractivity contribution in [3.63, 3.8) is 0 Å². The third-order valence-corrected chi connectivity index (χ3v) is 9.43. The van der Waals surface area contributed by atoms with Gasteiger partial charge < -0.3 is 13.7 Å². The van der Waals surface area contributed by atoms with E-state index in [2.05, 4.69) is 144 Å². The lowest BCUT2D eigenvalue weighted by atomic mass is 10.00. The summed E-state index contributed by atoms with van der Waals surface area (Å²) in [7, 11) is 0. The van der Waals surface area contributed by atoms with E-state index < -0.39 is 0 Å². The summed E-state index contributed by atoms with van der Waals surface area (Å²) in [5.74, 6) is 0. The summed E-state index contributed by atoms with van der Waals surface area (Å²) < 4.78 is 13.2. The highest BCUT2D eigenvalue weighted by atomic mass is 16.3. The van der Waals surface area contributed by atoms with Gasteiger partial charge in [0.1, 0.15) is 22.3 Å². The van der Waals surface area contributed by atoms with E-state index in [1.165, 1.54) is 32.7 Å². The molecule has 0 unspecified atom stereocenters. The van der Waals surface area contributed by atoms with Crippen molar-refractivity contribution in [3.05, 3.63) is 164 Å². The lowest BCUT2D eigenvalue weighted by molar-refractivity contribution is 0.663. The van der Waals surface area contributed by atoms with Gasteiger partial charge in [0.25, 0.3) is 0 Å². The summed E-state index contributed by atoms with van der Waals surface area (Å²) in [6.45, 7) is 0. The van der Waals surface area contributed by atoms with Crippen molar-refractivity contribution in [2.75, 3.05) is 4.90 Å². The van der Waals surface area contributed by atoms with Gasteiger partial charge in [0.15, 0.2) is 0 Å². The molecule has 220 valence electrons. The first-order valence-corrected chi connectivity index (χ1v) is 15.9. The Bertz CT molecular complexity index is 2800. The van der Waals surface area contributed by atoms with Gasteiger partial charge in [-0.25, -0.2) is 0 Å². The van der Waals surface area contributed by atoms with Crippen molar-refractivity contribution >= 4 is 82.5 Å². The predicted octanol–water partition coefficient (Wildman–Crippen LogP) is 12.9. The minimum absolute atomic E-state index is 0.797. The molecule has 0 amide bonds. The number of hydrogen-bond donors (Lipinski definition) is 0. The third-order valence-electron chi connectivity index (χ3n) is 9.43. The van der Waals surface area contributed by atoms with Crippen LogP contribution in [0.4, 0.5) is 17.1 Å². The van der Waals surface area contributed by atoms with Crippen LogP contribution in [0.1, 0.15) is 0 Å². The first-order valence-electron chi connectivity index (χ1n) is 15.9. The second-order valence-corrected chi connectivity index (χ2v) is 12.1. The topological polar surface area (TPSA) is 29.5 Å². The number of rotatable bonds is 4. The van der Waals surface area contributed by atoms with E-state index in [0.29, 0.717) is 0 Å². The molecule has 0 radical (unpaired) electrons. The van der Waals surface area contributed by atoms with Crippen molar-refractivity contribution in [1.29, 1.82) is 0 Å². The van der Waals surface area contributed by atoms with Gasteiger partial charge >= 0.3 is 0 Å². The van der Waals surface area contributed by atoms with Crippen molar-refractivity contribution in [2.24, 2.45) is 0 Å². The van der Waals surface area contributed by atoms with E-state index in [0.717, 1.165) is 60.9 Å². The van der Waals surface area contributed by atoms with Gasteiger partial charge in [-0.05, 0) is 63.7 Å². The number of hydrogen-bond acceptors (Lipinski definition) is 3. The molecule has 2 heterocycles. The highest BCUT2D eigenvalue weighted by Crippen LogP contribution is 2.49. The average molecular weight is 602 g/mol. The van der Waals surface area contributed by atoms with E-state index >= 15 is 0 Å². The second-order valence-electron chi connectivity index (χ2n) is 12.1. The number of para-hydroxylation sites is 2. The molecular weight excluding hydrogens is 574 g/mol. The molecule has 0 aliphatic heterocycles. The summed E-state index contributed by atoms with van der Waals surface area (Å²) in [4.78, 5) is 2.36. The first-order chi connectivity index (χ1) is 23.3. The molecule has 0 fully saturated rings. The number of anilines is 3. The molecule has 3 heteroatoms. The molecule has 47 heavy (non-hydrogen) atoms. The Balaban J connectivity index is 1.27. The molecule has 10 rings (SSSR count). The Kier molecular flexibility index (Phi) is 5.57. The highest BCUT2D eigenvalue weighted by Gasteiger charge is 2.25. The standard InChI is InChI=1S/C44H27NO2/c1-2-12-31-26-32(21-20-28(31)10-1)29-22-24-33(25-23-29)45(37-17-9-13-30-11-3-4-14-34(30)37)38-27-41-43(36-16-6-7-18-39(36)46-41)44-42(38)35-15-5-8-19-40(35)47-44/h1-27H. The lowest BCUT2D eigenvalue weighted by Gasteiger charge is -2.28. The molecule has 10 aromatic rings. The number of furan rings is 2. The Morgan fingerprint density at radius 1 is 0.362 bits per heavy atom. The summed E-state index contributed by atoms with van der Waals surface area (Å²) in [5, 5.41) is 9.01. The Morgan fingerprint density at radius 3 is 1.79 bits per heavy atom. The molecule has 0 saturated carbocycles. The fourth-order valence-corrected chi connectivity index (χ4v) is 7.23. The lowest BCUT2D eigenvalue weighted by Crippen LogP contribution is -2.11. The SMILES string of the molecule is c1ccc2cc(-c3ccc(N(c4cccc5ccccc45)c4cc5oc6ccccc6c5c5oc6ccccc6c45)cc3)ccc2c1. The van der Waals surface area contributed by atoms with Crippen molar-refractivity contribution in [3.8, 4) is 11.1 Å². The molecule has 3 nitrogen and oxygen atoms in total. The van der Waals surface area contributed by atoms with Crippen molar-refractivity contribution in [2.45, 2.75) is 0 Å². The maximum absolute atomic E-state index is 6.71. The smallest absolute Gasteiger partial charge is 0.149 e. The molecule has 0 spiro atoms. The maximum atomic E-state index is 6.71. The fourth-order valence-electron chi connectivity index (χ4n) is 7.23. The van der Waals surface area contributed by atoms with Crippen LogP contribution >= 0.6 is 0 Å². The molecule has 0 saturated heterocycles. The Morgan fingerprint density at radius 2 is 0.979 bits per heavy atom. The third kappa shape index (κ3) is 4.00. The minimum atomic E-state index is 0.797. The van der Waals surface area contributed by atoms with E-state index in [4.69, 9.17) is 8.83 Å². The zero-order valence-corrected chi connectivity index (χ0v) is 25.4. The molecule has 2 aromatic heterocycles. The van der Waals surface area contributed by atoms with Gasteiger partial charge in [-0.3, -0.25) is 0 Å². The summed E-state index contributed by atoms with van der Waals surface area (Å²) in [5.41, 5.74) is 8.84. The molecule has 0 atom stereocenters. The van der Waals surface area contributed by atoms with Crippen molar-refractivity contribution in [1.82, 2.24) is 0 Å². The van der Waals surface area contributed by atoms with Crippen LogP contribution in [0.2, 0.25) is 0 Å². The van der Waals surface area contributed by atoms with Crippen LogP contribution in [0, 0.1) is 0 Å². The average Bonchev–Trinajstić information content (AvgIpc) is 3.70. The maximum Gasteiger partial charge on any atom is 0.149 e. The minimum Gasteiger partial charge on any atom is -0.456 e.